The van der Waals surface area contributed by atoms with Crippen LogP contribution in [0.15, 0.2) is 48.5 Å². The first kappa shape index (κ1) is 34.5. The number of nitrogens with one attached hydrogen (secondary N) is 2. The molecule has 2 fully saturated rings. The van der Waals surface area contributed by atoms with Crippen LogP contribution in [0.4, 0.5) is 21.0 Å². The molecule has 0 aliphatic carbocycles. The number of anilines is 2. The Morgan fingerprint density at radius 3 is 1.28 bits per heavy atom. The Balaban J connectivity index is 1.31. The minimum Gasteiger partial charge on any atom is -0.444 e. The van der Waals surface area contributed by atoms with Crippen LogP contribution in [0.3, 0.4) is 0 Å². The predicted octanol–water partition coefficient (Wildman–Crippen LogP) is 4.41. The van der Waals surface area contributed by atoms with Crippen LogP contribution in [-0.4, -0.2) is 82.3 Å². The lowest BCUT2D eigenvalue weighted by molar-refractivity contribution is -0.121. The summed E-state index contributed by atoms with van der Waals surface area (Å²) in [4.78, 5) is 54.1. The van der Waals surface area contributed by atoms with E-state index in [0.717, 1.165) is 11.1 Å². The fourth-order valence-corrected chi connectivity index (χ4v) is 5.28. The third-order valence-electron chi connectivity index (χ3n) is 7.35. The first-order valence-electron chi connectivity index (χ1n) is 15.5. The van der Waals surface area contributed by atoms with Gasteiger partial charge in [0.2, 0.25) is 11.8 Å². The molecular weight excluding hydrogens is 588 g/mol. The van der Waals surface area contributed by atoms with Gasteiger partial charge in [0.1, 0.15) is 23.3 Å². The third kappa shape index (κ3) is 9.54. The molecular formula is C34H46N6O6. The van der Waals surface area contributed by atoms with Gasteiger partial charge in [0.15, 0.2) is 0 Å². The molecule has 0 radical (unpaired) electrons. The second-order valence-corrected chi connectivity index (χ2v) is 13.8. The summed E-state index contributed by atoms with van der Waals surface area (Å²) >= 11 is 0. The molecule has 0 spiro atoms. The van der Waals surface area contributed by atoms with Gasteiger partial charge in [0, 0.05) is 36.5 Å². The van der Waals surface area contributed by atoms with Gasteiger partial charge in [-0.25, -0.2) is 9.59 Å². The molecule has 46 heavy (non-hydrogen) atoms. The number of benzene rings is 2. The van der Waals surface area contributed by atoms with Crippen LogP contribution in [0, 0.1) is 0 Å². The molecule has 0 unspecified atom stereocenters. The Morgan fingerprint density at radius 1 is 0.652 bits per heavy atom. The second-order valence-electron chi connectivity index (χ2n) is 13.8. The van der Waals surface area contributed by atoms with Crippen molar-refractivity contribution in [2.75, 3.05) is 23.7 Å². The molecule has 2 aromatic rings. The zero-order valence-electron chi connectivity index (χ0n) is 27.4. The number of nitrogens with zero attached hydrogens (tertiary/aromatic N) is 2. The van der Waals surface area contributed by atoms with Crippen molar-refractivity contribution >= 4 is 47.5 Å². The summed E-state index contributed by atoms with van der Waals surface area (Å²) < 4.78 is 10.9. The number of amides is 4. The molecule has 4 amide bonds. The maximum atomic E-state index is 13.0. The second kappa shape index (κ2) is 13.9. The molecule has 248 valence electrons. The molecule has 12 heteroatoms. The van der Waals surface area contributed by atoms with E-state index >= 15 is 0 Å². The van der Waals surface area contributed by atoms with Crippen LogP contribution in [0.2, 0.25) is 0 Å². The third-order valence-corrected chi connectivity index (χ3v) is 7.35. The van der Waals surface area contributed by atoms with Gasteiger partial charge < -0.3 is 31.6 Å². The van der Waals surface area contributed by atoms with Crippen molar-refractivity contribution in [3.05, 3.63) is 59.7 Å². The van der Waals surface area contributed by atoms with Crippen molar-refractivity contribution in [2.45, 2.75) is 89.8 Å². The molecule has 2 aliphatic rings. The summed E-state index contributed by atoms with van der Waals surface area (Å²) in [6.07, 6.45) is 3.46. The zero-order chi connectivity index (χ0) is 33.8. The Labute approximate surface area is 270 Å². The van der Waals surface area contributed by atoms with Gasteiger partial charge >= 0.3 is 12.2 Å². The van der Waals surface area contributed by atoms with E-state index < -0.39 is 35.5 Å². The van der Waals surface area contributed by atoms with Crippen LogP contribution in [-0.2, 0) is 19.1 Å². The summed E-state index contributed by atoms with van der Waals surface area (Å²) in [7, 11) is 0. The van der Waals surface area contributed by atoms with Gasteiger partial charge in [0.05, 0.1) is 0 Å². The van der Waals surface area contributed by atoms with Crippen LogP contribution >= 0.6 is 0 Å². The SMILES string of the molecule is CC(C)(C)OC(=O)N1C[C@@H](N)C[C@H]1C(=O)Nc1ccc(/C=C/c2ccc(NC(=O)[C@@H]3C[C@H](N)CN3C(=O)OC(C)(C)C)cc2)cc1. The Hall–Kier alpha value is -4.42. The summed E-state index contributed by atoms with van der Waals surface area (Å²) in [5, 5.41) is 5.76. The van der Waals surface area contributed by atoms with E-state index in [0.29, 0.717) is 24.2 Å². The quantitative estimate of drug-likeness (QED) is 0.339. The lowest BCUT2D eigenvalue weighted by atomic mass is 10.1. The monoisotopic (exact) mass is 634 g/mol. The fraction of sp³-hybridized carbons (Fsp3) is 0.471. The van der Waals surface area contributed by atoms with E-state index in [2.05, 4.69) is 10.6 Å². The predicted molar refractivity (Wildman–Crippen MR) is 178 cm³/mol. The van der Waals surface area contributed by atoms with Gasteiger partial charge in [-0.05, 0) is 89.8 Å². The van der Waals surface area contributed by atoms with E-state index in [9.17, 15) is 19.2 Å². The highest BCUT2D eigenvalue weighted by atomic mass is 16.6. The Bertz CT molecular complexity index is 1330. The topological polar surface area (TPSA) is 169 Å². The number of likely N-dealkylation sites (tertiary alicyclic amines) is 2. The smallest absolute Gasteiger partial charge is 0.411 e. The number of hydrogen-bond donors (Lipinski definition) is 4. The molecule has 2 aromatic carbocycles. The Kier molecular flexibility index (Phi) is 10.4. The molecule has 4 atom stereocenters. The minimum atomic E-state index is -0.711. The van der Waals surface area contributed by atoms with Crippen LogP contribution in [0.25, 0.3) is 12.2 Å². The van der Waals surface area contributed by atoms with Gasteiger partial charge in [-0.15, -0.1) is 0 Å². The van der Waals surface area contributed by atoms with E-state index in [1.54, 1.807) is 65.8 Å². The van der Waals surface area contributed by atoms with Crippen LogP contribution in [0.5, 0.6) is 0 Å². The summed E-state index contributed by atoms with van der Waals surface area (Å²) in [6.45, 7) is 11.2. The molecule has 0 bridgehead atoms. The maximum absolute atomic E-state index is 13.0. The highest BCUT2D eigenvalue weighted by Crippen LogP contribution is 2.24. The lowest BCUT2D eigenvalue weighted by Gasteiger charge is -2.28. The van der Waals surface area contributed by atoms with E-state index in [1.807, 2.05) is 36.4 Å². The van der Waals surface area contributed by atoms with E-state index in [4.69, 9.17) is 20.9 Å². The molecule has 2 saturated heterocycles. The van der Waals surface area contributed by atoms with Gasteiger partial charge in [0.25, 0.3) is 0 Å². The molecule has 2 aliphatic heterocycles. The van der Waals surface area contributed by atoms with E-state index in [1.165, 1.54) is 9.80 Å². The first-order valence-corrected chi connectivity index (χ1v) is 15.5. The standard InChI is InChI=1S/C34H46N6O6/c1-33(2,3)45-31(43)39-19-23(35)17-27(39)29(41)37-25-13-9-21(10-14-25)7-8-22-11-15-26(16-12-22)38-30(42)28-18-24(36)20-40(28)32(44)46-34(4,5)6/h7-16,23-24,27-28H,17-20,35-36H2,1-6H3,(H,37,41)(H,38,42)/b8-7+/t23-,24-,27-,28-/m0/s1. The number of carbonyl (C=O) groups is 4. The van der Waals surface area contributed by atoms with Crippen LogP contribution < -0.4 is 22.1 Å². The average Bonchev–Trinajstić information content (AvgIpc) is 3.55. The van der Waals surface area contributed by atoms with Gasteiger partial charge in [-0.3, -0.25) is 19.4 Å². The number of nitrogens with two attached hydrogens (primary N) is 2. The molecule has 0 saturated carbocycles. The lowest BCUT2D eigenvalue weighted by Crippen LogP contribution is -2.45. The van der Waals surface area contributed by atoms with Crippen molar-refractivity contribution in [2.24, 2.45) is 11.5 Å². The maximum Gasteiger partial charge on any atom is 0.411 e. The molecule has 2 heterocycles. The van der Waals surface area contributed by atoms with Crippen molar-refractivity contribution in [1.29, 1.82) is 0 Å². The van der Waals surface area contributed by atoms with Crippen molar-refractivity contribution < 1.29 is 28.7 Å². The largest absolute Gasteiger partial charge is 0.444 e. The summed E-state index contributed by atoms with van der Waals surface area (Å²) in [5.41, 5.74) is 13.8. The molecule has 12 nitrogen and oxygen atoms in total. The first-order chi connectivity index (χ1) is 21.5. The molecule has 0 aromatic heterocycles. The number of carbonyl (C=O) groups excluding carboxylic acids is 4. The minimum absolute atomic E-state index is 0.256. The van der Waals surface area contributed by atoms with E-state index in [-0.39, 0.29) is 37.0 Å². The highest BCUT2D eigenvalue weighted by Gasteiger charge is 2.41. The summed E-state index contributed by atoms with van der Waals surface area (Å²) in [6, 6.07) is 12.6. The zero-order valence-corrected chi connectivity index (χ0v) is 27.4. The van der Waals surface area contributed by atoms with Crippen molar-refractivity contribution in [3.8, 4) is 0 Å². The highest BCUT2D eigenvalue weighted by molar-refractivity contribution is 5.98. The van der Waals surface area contributed by atoms with Gasteiger partial charge in [-0.1, -0.05) is 36.4 Å². The van der Waals surface area contributed by atoms with Crippen LogP contribution in [0.1, 0.15) is 65.5 Å². The Morgan fingerprint density at radius 2 is 0.978 bits per heavy atom. The normalized spacial score (nSPS) is 21.7. The van der Waals surface area contributed by atoms with Gasteiger partial charge in [-0.2, -0.15) is 0 Å². The fourth-order valence-electron chi connectivity index (χ4n) is 5.28. The molecule has 6 N–H and O–H groups in total. The number of hydrogen-bond acceptors (Lipinski definition) is 8. The average molecular weight is 635 g/mol. The van der Waals surface area contributed by atoms with Crippen molar-refractivity contribution in [3.63, 3.8) is 0 Å². The number of ether oxygens (including phenoxy) is 2. The number of rotatable bonds is 6. The summed E-state index contributed by atoms with van der Waals surface area (Å²) in [5.74, 6) is -0.634. The van der Waals surface area contributed by atoms with Crippen molar-refractivity contribution in [1.82, 2.24) is 9.80 Å². The molecule has 4 rings (SSSR count).